The van der Waals surface area contributed by atoms with Gasteiger partial charge in [0.1, 0.15) is 0 Å². The third kappa shape index (κ3) is 5.80. The number of carbonyl (C=O) groups is 1. The zero-order chi connectivity index (χ0) is 20.8. The van der Waals surface area contributed by atoms with Gasteiger partial charge in [-0.15, -0.1) is 0 Å². The van der Waals surface area contributed by atoms with Crippen molar-refractivity contribution in [1.29, 1.82) is 0 Å². The molecule has 7 nitrogen and oxygen atoms in total. The van der Waals surface area contributed by atoms with Crippen molar-refractivity contribution in [2.24, 2.45) is 5.92 Å². The van der Waals surface area contributed by atoms with Gasteiger partial charge in [0, 0.05) is 23.0 Å². The number of benzene rings is 1. The van der Waals surface area contributed by atoms with Gasteiger partial charge in [0.25, 0.3) is 0 Å². The van der Waals surface area contributed by atoms with Crippen molar-refractivity contribution in [2.75, 3.05) is 39.3 Å². The maximum Gasteiger partial charge on any atom is 0.241 e. The molecular weight excluding hydrogens is 402 g/mol. The molecule has 2 aliphatic heterocycles. The Bertz CT molecular complexity index is 811. The van der Waals surface area contributed by atoms with Crippen LogP contribution in [-0.4, -0.2) is 65.1 Å². The first kappa shape index (κ1) is 21.3. The summed E-state index contributed by atoms with van der Waals surface area (Å²) < 4.78 is 5.41. The third-order valence-electron chi connectivity index (χ3n) is 6.04. The van der Waals surface area contributed by atoms with E-state index in [9.17, 15) is 4.79 Å². The van der Waals surface area contributed by atoms with Crippen LogP contribution in [0.25, 0.3) is 11.4 Å². The van der Waals surface area contributed by atoms with Gasteiger partial charge in [-0.2, -0.15) is 4.98 Å². The summed E-state index contributed by atoms with van der Waals surface area (Å²) in [7, 11) is 0. The van der Waals surface area contributed by atoms with Crippen LogP contribution < -0.4 is 5.32 Å². The third-order valence-corrected chi connectivity index (χ3v) is 6.29. The molecule has 0 spiro atoms. The van der Waals surface area contributed by atoms with Gasteiger partial charge < -0.3 is 14.7 Å². The van der Waals surface area contributed by atoms with Crippen LogP contribution in [0.3, 0.4) is 0 Å². The Balaban J connectivity index is 1.16. The molecule has 0 atom stereocenters. The number of piperidine rings is 1. The van der Waals surface area contributed by atoms with Crippen LogP contribution in [0.4, 0.5) is 0 Å². The van der Waals surface area contributed by atoms with Crippen molar-refractivity contribution in [3.63, 3.8) is 0 Å². The Morgan fingerprint density at radius 2 is 1.83 bits per heavy atom. The van der Waals surface area contributed by atoms with Gasteiger partial charge >= 0.3 is 0 Å². The molecule has 1 amide bonds. The molecule has 0 unspecified atom stereocenters. The number of carbonyl (C=O) groups excluding carboxylic acids is 1. The summed E-state index contributed by atoms with van der Waals surface area (Å²) in [5.74, 6) is 1.49. The average Bonchev–Trinajstić information content (AvgIpc) is 3.44. The lowest BCUT2D eigenvalue weighted by Gasteiger charge is -2.30. The maximum absolute atomic E-state index is 12.4. The first-order valence-corrected chi connectivity index (χ1v) is 11.4. The van der Waals surface area contributed by atoms with Gasteiger partial charge in [-0.05, 0) is 89.1 Å². The Kier molecular flexibility index (Phi) is 7.36. The lowest BCUT2D eigenvalue weighted by Crippen LogP contribution is -2.40. The minimum Gasteiger partial charge on any atom is -0.356 e. The summed E-state index contributed by atoms with van der Waals surface area (Å²) in [4.78, 5) is 21.7. The lowest BCUT2D eigenvalue weighted by atomic mass is 9.96. The van der Waals surface area contributed by atoms with Crippen molar-refractivity contribution in [3.05, 3.63) is 35.2 Å². The fourth-order valence-corrected chi connectivity index (χ4v) is 4.37. The van der Waals surface area contributed by atoms with E-state index < -0.39 is 0 Å². The number of aromatic nitrogens is 2. The minimum absolute atomic E-state index is 0.111. The molecule has 1 aromatic carbocycles. The molecule has 2 fully saturated rings. The fourth-order valence-electron chi connectivity index (χ4n) is 4.24. The number of halogens is 1. The van der Waals surface area contributed by atoms with E-state index in [1.54, 1.807) is 0 Å². The van der Waals surface area contributed by atoms with Gasteiger partial charge in [0.2, 0.25) is 17.6 Å². The summed E-state index contributed by atoms with van der Waals surface area (Å²) in [6, 6.07) is 7.39. The lowest BCUT2D eigenvalue weighted by molar-refractivity contribution is -0.126. The Morgan fingerprint density at radius 3 is 2.57 bits per heavy atom. The number of rotatable bonds is 8. The largest absolute Gasteiger partial charge is 0.356 e. The van der Waals surface area contributed by atoms with E-state index in [1.807, 2.05) is 24.3 Å². The Labute approximate surface area is 182 Å². The predicted octanol–water partition coefficient (Wildman–Crippen LogP) is 3.20. The monoisotopic (exact) mass is 431 g/mol. The molecule has 4 rings (SSSR count). The van der Waals surface area contributed by atoms with E-state index in [0.717, 1.165) is 51.0 Å². The highest BCUT2D eigenvalue weighted by atomic mass is 35.5. The molecule has 0 aliphatic carbocycles. The predicted molar refractivity (Wildman–Crippen MR) is 116 cm³/mol. The van der Waals surface area contributed by atoms with Crippen LogP contribution in [0.5, 0.6) is 0 Å². The van der Waals surface area contributed by atoms with E-state index in [2.05, 4.69) is 25.3 Å². The Morgan fingerprint density at radius 1 is 1.10 bits per heavy atom. The number of nitrogens with one attached hydrogen (secondary N) is 1. The second-order valence-corrected chi connectivity index (χ2v) is 8.70. The molecule has 2 saturated heterocycles. The number of hydrogen-bond acceptors (Lipinski definition) is 6. The van der Waals surface area contributed by atoms with Crippen molar-refractivity contribution >= 4 is 17.5 Å². The summed E-state index contributed by atoms with van der Waals surface area (Å²) >= 11 is 5.93. The fraction of sp³-hybridized carbons (Fsp3) is 0.591. The number of nitrogens with zero attached hydrogens (tertiary/aromatic N) is 4. The second-order valence-electron chi connectivity index (χ2n) is 8.26. The highest BCUT2D eigenvalue weighted by molar-refractivity contribution is 6.30. The van der Waals surface area contributed by atoms with E-state index in [-0.39, 0.29) is 11.8 Å². The van der Waals surface area contributed by atoms with Gasteiger partial charge in [-0.1, -0.05) is 16.8 Å². The van der Waals surface area contributed by atoms with Gasteiger partial charge in [0.15, 0.2) is 0 Å². The first-order valence-electron chi connectivity index (χ1n) is 11.0. The number of likely N-dealkylation sites (tertiary alicyclic amines) is 2. The highest BCUT2D eigenvalue weighted by Gasteiger charge is 2.26. The molecule has 0 radical (unpaired) electrons. The smallest absolute Gasteiger partial charge is 0.241 e. The highest BCUT2D eigenvalue weighted by Crippen LogP contribution is 2.21. The molecule has 8 heteroatoms. The molecule has 30 heavy (non-hydrogen) atoms. The summed E-state index contributed by atoms with van der Waals surface area (Å²) in [5.41, 5.74) is 0.884. The van der Waals surface area contributed by atoms with E-state index in [0.29, 0.717) is 23.3 Å². The molecule has 0 bridgehead atoms. The molecular formula is C22H30ClN5O2. The number of hydrogen-bond donors (Lipinski definition) is 1. The van der Waals surface area contributed by atoms with Gasteiger partial charge in [0.05, 0.1) is 6.54 Å². The molecule has 1 aromatic heterocycles. The quantitative estimate of drug-likeness (QED) is 0.647. The Hall–Kier alpha value is -1.96. The van der Waals surface area contributed by atoms with Crippen LogP contribution in [0.2, 0.25) is 5.02 Å². The second kappa shape index (κ2) is 10.4. The zero-order valence-corrected chi connectivity index (χ0v) is 18.1. The SMILES string of the molecule is O=C(NCCCN1CCCC1)C1CCN(Cc2nc(-c3ccc(Cl)cc3)no2)CC1. The van der Waals surface area contributed by atoms with Crippen molar-refractivity contribution < 1.29 is 9.32 Å². The molecule has 2 aliphatic rings. The van der Waals surface area contributed by atoms with Crippen LogP contribution in [0.1, 0.15) is 38.0 Å². The molecule has 3 heterocycles. The van der Waals surface area contributed by atoms with Crippen molar-refractivity contribution in [3.8, 4) is 11.4 Å². The number of amides is 1. The van der Waals surface area contributed by atoms with Crippen LogP contribution >= 0.6 is 11.6 Å². The first-order chi connectivity index (χ1) is 14.7. The minimum atomic E-state index is 0.111. The van der Waals surface area contributed by atoms with Crippen molar-refractivity contribution in [2.45, 2.75) is 38.6 Å². The van der Waals surface area contributed by atoms with E-state index in [4.69, 9.17) is 16.1 Å². The molecule has 162 valence electrons. The van der Waals surface area contributed by atoms with Gasteiger partial charge in [-0.25, -0.2) is 0 Å². The van der Waals surface area contributed by atoms with Crippen LogP contribution in [0.15, 0.2) is 28.8 Å². The normalized spacial score (nSPS) is 18.7. The van der Waals surface area contributed by atoms with E-state index in [1.165, 1.54) is 25.9 Å². The summed E-state index contributed by atoms with van der Waals surface area (Å²) in [6.07, 6.45) is 5.41. The average molecular weight is 432 g/mol. The summed E-state index contributed by atoms with van der Waals surface area (Å²) in [5, 5.41) is 7.89. The maximum atomic E-state index is 12.4. The topological polar surface area (TPSA) is 74.5 Å². The zero-order valence-electron chi connectivity index (χ0n) is 17.4. The molecule has 1 N–H and O–H groups in total. The van der Waals surface area contributed by atoms with Gasteiger partial charge in [-0.3, -0.25) is 9.69 Å². The van der Waals surface area contributed by atoms with E-state index >= 15 is 0 Å². The summed E-state index contributed by atoms with van der Waals surface area (Å²) in [6.45, 7) is 6.66. The van der Waals surface area contributed by atoms with Crippen LogP contribution in [0, 0.1) is 5.92 Å². The molecule has 2 aromatic rings. The van der Waals surface area contributed by atoms with Crippen LogP contribution in [-0.2, 0) is 11.3 Å². The standard InChI is InChI=1S/C22H30ClN5O2/c23-19-6-4-17(5-7-19)21-25-20(30-26-21)16-28-14-8-18(9-15-28)22(29)24-10-3-13-27-11-1-2-12-27/h4-7,18H,1-3,8-16H2,(H,24,29). The van der Waals surface area contributed by atoms with Crippen molar-refractivity contribution in [1.82, 2.24) is 25.3 Å². The molecule has 0 saturated carbocycles.